The summed E-state index contributed by atoms with van der Waals surface area (Å²) in [6.07, 6.45) is 1.63. The number of carbonyl (C=O) groups excluding carboxylic acids is 1. The highest BCUT2D eigenvalue weighted by Gasteiger charge is 2.18. The molecule has 94 valence electrons. The summed E-state index contributed by atoms with van der Waals surface area (Å²) in [6.45, 7) is 5.77. The van der Waals surface area contributed by atoms with E-state index in [-0.39, 0.29) is 5.82 Å². The fourth-order valence-electron chi connectivity index (χ4n) is 2.52. The third-order valence-corrected chi connectivity index (χ3v) is 3.39. The number of carbonyl (C=O) groups is 1. The molecule has 0 bridgehead atoms. The normalized spacial score (nSPS) is 10.7. The Morgan fingerprint density at radius 2 is 1.89 bits per heavy atom. The molecule has 0 atom stereocenters. The summed E-state index contributed by atoms with van der Waals surface area (Å²) in [5, 5.41) is 0. The van der Waals surface area contributed by atoms with Crippen LogP contribution in [0.5, 0.6) is 0 Å². The van der Waals surface area contributed by atoms with Crippen molar-refractivity contribution in [3.05, 3.63) is 52.6 Å². The predicted octanol–water partition coefficient (Wildman–Crippen LogP) is 3.61. The van der Waals surface area contributed by atoms with Crippen LogP contribution < -0.4 is 0 Å². The van der Waals surface area contributed by atoms with Crippen molar-refractivity contribution in [2.24, 2.45) is 0 Å². The van der Waals surface area contributed by atoms with Crippen LogP contribution in [0.2, 0.25) is 0 Å². The van der Waals surface area contributed by atoms with Gasteiger partial charge in [0.1, 0.15) is 5.82 Å². The Bertz CT molecular complexity index is 599. The maximum atomic E-state index is 13.9. The van der Waals surface area contributed by atoms with E-state index in [1.165, 1.54) is 6.07 Å². The molecule has 0 radical (unpaired) electrons. The number of halogens is 1. The zero-order valence-electron chi connectivity index (χ0n) is 10.8. The van der Waals surface area contributed by atoms with Gasteiger partial charge in [0.25, 0.3) is 0 Å². The molecule has 0 saturated carbocycles. The largest absolute Gasteiger partial charge is 0.315 e. The molecule has 0 fully saturated rings. The Labute approximate surface area is 106 Å². The van der Waals surface area contributed by atoms with Gasteiger partial charge < -0.3 is 4.57 Å². The molecule has 0 aliphatic rings. The zero-order valence-corrected chi connectivity index (χ0v) is 10.8. The van der Waals surface area contributed by atoms with Gasteiger partial charge >= 0.3 is 0 Å². The first-order valence-corrected chi connectivity index (χ1v) is 6.02. The topological polar surface area (TPSA) is 22.0 Å². The lowest BCUT2D eigenvalue weighted by Gasteiger charge is -2.10. The van der Waals surface area contributed by atoms with Crippen molar-refractivity contribution in [2.45, 2.75) is 27.2 Å². The second-order valence-electron chi connectivity index (χ2n) is 4.32. The third kappa shape index (κ3) is 1.76. The van der Waals surface area contributed by atoms with E-state index in [1.807, 2.05) is 25.3 Å². The van der Waals surface area contributed by atoms with E-state index in [0.717, 1.165) is 29.7 Å². The predicted molar refractivity (Wildman–Crippen MR) is 70.0 cm³/mol. The van der Waals surface area contributed by atoms with E-state index in [0.29, 0.717) is 11.3 Å². The minimum Gasteiger partial charge on any atom is -0.315 e. The van der Waals surface area contributed by atoms with Crippen LogP contribution in [-0.2, 0) is 6.42 Å². The lowest BCUT2D eigenvalue weighted by atomic mass is 10.1. The molecule has 0 N–H and O–H groups in total. The Morgan fingerprint density at radius 1 is 1.22 bits per heavy atom. The van der Waals surface area contributed by atoms with E-state index < -0.39 is 0 Å². The van der Waals surface area contributed by atoms with E-state index >= 15 is 0 Å². The molecule has 2 aromatic rings. The number of aromatic nitrogens is 1. The van der Waals surface area contributed by atoms with Crippen molar-refractivity contribution < 1.29 is 9.18 Å². The van der Waals surface area contributed by atoms with Crippen molar-refractivity contribution in [3.63, 3.8) is 0 Å². The van der Waals surface area contributed by atoms with E-state index in [2.05, 4.69) is 0 Å². The fraction of sp³-hybridized carbons (Fsp3) is 0.267. The minimum atomic E-state index is -0.279. The van der Waals surface area contributed by atoms with Gasteiger partial charge in [0.15, 0.2) is 6.29 Å². The Morgan fingerprint density at radius 3 is 2.39 bits per heavy atom. The Hall–Kier alpha value is -1.90. The third-order valence-electron chi connectivity index (χ3n) is 3.39. The second kappa shape index (κ2) is 4.77. The summed E-state index contributed by atoms with van der Waals surface area (Å²) in [7, 11) is 0. The van der Waals surface area contributed by atoms with Gasteiger partial charge in [-0.2, -0.15) is 0 Å². The van der Waals surface area contributed by atoms with Crippen molar-refractivity contribution in [1.29, 1.82) is 0 Å². The number of aldehydes is 1. The molecule has 0 amide bonds. The van der Waals surface area contributed by atoms with Gasteiger partial charge in [-0.15, -0.1) is 0 Å². The molecule has 0 unspecified atom stereocenters. The first-order chi connectivity index (χ1) is 8.61. The van der Waals surface area contributed by atoms with Crippen LogP contribution in [0.15, 0.2) is 24.3 Å². The first-order valence-electron chi connectivity index (χ1n) is 6.02. The van der Waals surface area contributed by atoms with Gasteiger partial charge in [-0.05, 0) is 38.0 Å². The van der Waals surface area contributed by atoms with Gasteiger partial charge in [0.05, 0.1) is 5.69 Å². The molecule has 1 aromatic carbocycles. The molecule has 2 nitrogen and oxygen atoms in total. The van der Waals surface area contributed by atoms with Crippen LogP contribution in [0.25, 0.3) is 5.69 Å². The molecule has 3 heteroatoms. The van der Waals surface area contributed by atoms with E-state index in [4.69, 9.17) is 0 Å². The second-order valence-corrected chi connectivity index (χ2v) is 4.32. The molecule has 0 saturated heterocycles. The SMILES string of the molecule is CCc1c(C=O)c(C)n(-c2ccccc2F)c1C. The lowest BCUT2D eigenvalue weighted by molar-refractivity contribution is 0.112. The number of benzene rings is 1. The maximum absolute atomic E-state index is 13.9. The Balaban J connectivity index is 2.77. The molecule has 1 heterocycles. The summed E-state index contributed by atoms with van der Waals surface area (Å²) in [5.41, 5.74) is 3.89. The molecule has 18 heavy (non-hydrogen) atoms. The number of rotatable bonds is 3. The molecule has 0 spiro atoms. The van der Waals surface area contributed by atoms with Crippen LogP contribution in [0.4, 0.5) is 4.39 Å². The molecule has 0 aliphatic carbocycles. The number of hydrogen-bond donors (Lipinski definition) is 0. The fourth-order valence-corrected chi connectivity index (χ4v) is 2.52. The van der Waals surface area contributed by atoms with Crippen LogP contribution in [-0.4, -0.2) is 10.9 Å². The number of para-hydroxylation sites is 1. The summed E-state index contributed by atoms with van der Waals surface area (Å²) < 4.78 is 15.7. The van der Waals surface area contributed by atoms with E-state index in [9.17, 15) is 9.18 Å². The van der Waals surface area contributed by atoms with Crippen LogP contribution >= 0.6 is 0 Å². The monoisotopic (exact) mass is 245 g/mol. The van der Waals surface area contributed by atoms with Crippen LogP contribution in [0, 0.1) is 19.7 Å². The molecule has 2 rings (SSSR count). The molecule has 0 aliphatic heterocycles. The lowest BCUT2D eigenvalue weighted by Crippen LogP contribution is -2.02. The number of hydrogen-bond acceptors (Lipinski definition) is 1. The highest BCUT2D eigenvalue weighted by atomic mass is 19.1. The average molecular weight is 245 g/mol. The molecular formula is C15H16FNO. The quantitative estimate of drug-likeness (QED) is 0.757. The standard InChI is InChI=1S/C15H16FNO/c1-4-12-10(2)17(11(3)13(12)9-18)15-8-6-5-7-14(15)16/h5-9H,4H2,1-3H3. The van der Waals surface area contributed by atoms with Gasteiger partial charge in [-0.3, -0.25) is 4.79 Å². The summed E-state index contributed by atoms with van der Waals surface area (Å²) in [4.78, 5) is 11.2. The van der Waals surface area contributed by atoms with Crippen molar-refractivity contribution in [3.8, 4) is 5.69 Å². The van der Waals surface area contributed by atoms with Crippen molar-refractivity contribution >= 4 is 6.29 Å². The molecular weight excluding hydrogens is 229 g/mol. The van der Waals surface area contributed by atoms with Gasteiger partial charge in [-0.25, -0.2) is 4.39 Å². The number of nitrogens with zero attached hydrogens (tertiary/aromatic N) is 1. The van der Waals surface area contributed by atoms with Crippen LogP contribution in [0.1, 0.15) is 34.2 Å². The summed E-state index contributed by atoms with van der Waals surface area (Å²) in [6, 6.07) is 6.61. The highest BCUT2D eigenvalue weighted by molar-refractivity contribution is 5.80. The Kier molecular flexibility index (Phi) is 3.32. The van der Waals surface area contributed by atoms with Crippen molar-refractivity contribution in [2.75, 3.05) is 0 Å². The zero-order chi connectivity index (χ0) is 13.3. The average Bonchev–Trinajstić information content (AvgIpc) is 2.61. The summed E-state index contributed by atoms with van der Waals surface area (Å²) in [5.74, 6) is -0.279. The summed E-state index contributed by atoms with van der Waals surface area (Å²) >= 11 is 0. The van der Waals surface area contributed by atoms with Crippen LogP contribution in [0.3, 0.4) is 0 Å². The van der Waals surface area contributed by atoms with E-state index in [1.54, 1.807) is 18.2 Å². The minimum absolute atomic E-state index is 0.279. The van der Waals surface area contributed by atoms with Gasteiger partial charge in [0.2, 0.25) is 0 Å². The first kappa shape index (κ1) is 12.6. The van der Waals surface area contributed by atoms with Crippen molar-refractivity contribution in [1.82, 2.24) is 4.57 Å². The maximum Gasteiger partial charge on any atom is 0.152 e. The van der Waals surface area contributed by atoms with Gasteiger partial charge in [0, 0.05) is 17.0 Å². The smallest absolute Gasteiger partial charge is 0.152 e. The molecule has 1 aromatic heterocycles. The highest BCUT2D eigenvalue weighted by Crippen LogP contribution is 2.26. The van der Waals surface area contributed by atoms with Gasteiger partial charge in [-0.1, -0.05) is 19.1 Å².